The Kier molecular flexibility index (Phi) is 4.22. The van der Waals surface area contributed by atoms with E-state index in [2.05, 4.69) is 30.8 Å². The first-order valence-corrected chi connectivity index (χ1v) is 7.33. The van der Waals surface area contributed by atoms with E-state index >= 15 is 0 Å². The lowest BCUT2D eigenvalue weighted by Crippen LogP contribution is -2.19. The van der Waals surface area contributed by atoms with Crippen molar-refractivity contribution < 1.29 is 4.79 Å². The van der Waals surface area contributed by atoms with Crippen LogP contribution in [0.25, 0.3) is 10.6 Å². The topological polar surface area (TPSA) is 92.7 Å². The summed E-state index contributed by atoms with van der Waals surface area (Å²) in [5.41, 5.74) is 0.841. The van der Waals surface area contributed by atoms with Crippen LogP contribution in [0.5, 0.6) is 0 Å². The highest BCUT2D eigenvalue weighted by Gasteiger charge is 2.10. The zero-order valence-corrected chi connectivity index (χ0v) is 12.6. The first kappa shape index (κ1) is 14.4. The lowest BCUT2D eigenvalue weighted by molar-refractivity contribution is 0.262. The predicted octanol–water partition coefficient (Wildman–Crippen LogP) is 3.29. The second-order valence-corrected chi connectivity index (χ2v) is 5.51. The lowest BCUT2D eigenvalue weighted by Gasteiger charge is -2.03. The van der Waals surface area contributed by atoms with Crippen molar-refractivity contribution in [3.63, 3.8) is 0 Å². The highest BCUT2D eigenvalue weighted by Crippen LogP contribution is 2.25. The number of hydrogen-bond donors (Lipinski definition) is 2. The van der Waals surface area contributed by atoms with Gasteiger partial charge in [0, 0.05) is 24.2 Å². The minimum atomic E-state index is -0.455. The maximum atomic E-state index is 11.8. The fourth-order valence-electron chi connectivity index (χ4n) is 1.57. The number of pyridine rings is 2. The Hall–Kier alpha value is -2.58. The Morgan fingerprint density at radius 2 is 2.05 bits per heavy atom. The molecule has 0 fully saturated rings. The average molecular weight is 333 g/mol. The molecule has 3 aromatic rings. The maximum Gasteiger partial charge on any atom is 0.326 e. The molecule has 0 aliphatic rings. The van der Waals surface area contributed by atoms with Gasteiger partial charge < -0.3 is 0 Å². The van der Waals surface area contributed by atoms with Gasteiger partial charge in [-0.25, -0.2) is 9.78 Å². The van der Waals surface area contributed by atoms with E-state index in [0.29, 0.717) is 21.0 Å². The van der Waals surface area contributed by atoms with Crippen molar-refractivity contribution in [1.82, 2.24) is 20.2 Å². The molecule has 0 spiro atoms. The summed E-state index contributed by atoms with van der Waals surface area (Å²) in [5, 5.41) is 14.6. The van der Waals surface area contributed by atoms with Crippen LogP contribution in [-0.4, -0.2) is 26.2 Å². The highest BCUT2D eigenvalue weighted by molar-refractivity contribution is 7.18. The summed E-state index contributed by atoms with van der Waals surface area (Å²) in [6, 6.07) is 6.46. The van der Waals surface area contributed by atoms with Crippen molar-refractivity contribution >= 4 is 39.9 Å². The molecule has 0 aliphatic carbocycles. The van der Waals surface area contributed by atoms with E-state index in [0.717, 1.165) is 5.56 Å². The molecule has 110 valence electrons. The maximum absolute atomic E-state index is 11.8. The molecule has 0 atom stereocenters. The monoisotopic (exact) mass is 332 g/mol. The molecule has 2 amide bonds. The van der Waals surface area contributed by atoms with Gasteiger partial charge in [0.25, 0.3) is 0 Å². The molecule has 2 N–H and O–H groups in total. The van der Waals surface area contributed by atoms with Gasteiger partial charge in [-0.3, -0.25) is 15.6 Å². The van der Waals surface area contributed by atoms with E-state index in [1.807, 2.05) is 12.1 Å². The van der Waals surface area contributed by atoms with Crippen LogP contribution in [0.2, 0.25) is 5.02 Å². The van der Waals surface area contributed by atoms with Crippen LogP contribution in [-0.2, 0) is 0 Å². The molecule has 0 aliphatic heterocycles. The number of amides is 2. The van der Waals surface area contributed by atoms with E-state index < -0.39 is 6.03 Å². The summed E-state index contributed by atoms with van der Waals surface area (Å²) >= 11 is 6.98. The standard InChI is InChI=1S/C13H9ClN6OS/c14-9-3-4-10(16-7-9)17-12(21)18-13-20-19-11(22-13)8-2-1-5-15-6-8/h1-7H,(H2,16,17,18,20,21). The fourth-order valence-corrected chi connectivity index (χ4v) is 2.41. The van der Waals surface area contributed by atoms with E-state index in [9.17, 15) is 4.79 Å². The largest absolute Gasteiger partial charge is 0.326 e. The molecule has 3 heterocycles. The van der Waals surface area contributed by atoms with Crippen LogP contribution in [0, 0.1) is 0 Å². The summed E-state index contributed by atoms with van der Waals surface area (Å²) in [6.45, 7) is 0. The SMILES string of the molecule is O=C(Nc1ccc(Cl)cn1)Nc1nnc(-c2cccnc2)s1. The number of nitrogens with zero attached hydrogens (tertiary/aromatic N) is 4. The number of aromatic nitrogens is 4. The van der Waals surface area contributed by atoms with Crippen LogP contribution in [0.3, 0.4) is 0 Å². The van der Waals surface area contributed by atoms with Gasteiger partial charge in [-0.1, -0.05) is 22.9 Å². The van der Waals surface area contributed by atoms with E-state index in [-0.39, 0.29) is 0 Å². The molecule has 22 heavy (non-hydrogen) atoms. The van der Waals surface area contributed by atoms with Crippen molar-refractivity contribution in [3.8, 4) is 10.6 Å². The zero-order chi connectivity index (χ0) is 15.4. The van der Waals surface area contributed by atoms with Crippen molar-refractivity contribution in [2.75, 3.05) is 10.6 Å². The Morgan fingerprint density at radius 3 is 2.77 bits per heavy atom. The average Bonchev–Trinajstić information content (AvgIpc) is 2.99. The van der Waals surface area contributed by atoms with E-state index in [1.54, 1.807) is 24.5 Å². The van der Waals surface area contributed by atoms with Gasteiger partial charge >= 0.3 is 6.03 Å². The van der Waals surface area contributed by atoms with Crippen molar-refractivity contribution in [2.45, 2.75) is 0 Å². The number of nitrogens with one attached hydrogen (secondary N) is 2. The molecule has 0 bridgehead atoms. The van der Waals surface area contributed by atoms with Crippen molar-refractivity contribution in [3.05, 3.63) is 47.9 Å². The number of carbonyl (C=O) groups is 1. The molecule has 3 rings (SSSR count). The van der Waals surface area contributed by atoms with Gasteiger partial charge in [-0.2, -0.15) is 0 Å². The van der Waals surface area contributed by atoms with Gasteiger partial charge in [0.1, 0.15) is 5.82 Å². The number of anilines is 2. The molecular formula is C13H9ClN6OS. The van der Waals surface area contributed by atoms with Gasteiger partial charge in [0.05, 0.1) is 5.02 Å². The van der Waals surface area contributed by atoms with Gasteiger partial charge in [-0.05, 0) is 24.3 Å². The molecule has 0 radical (unpaired) electrons. The Labute approximate surface area is 134 Å². The second-order valence-electron chi connectivity index (χ2n) is 4.09. The molecule has 0 unspecified atom stereocenters. The first-order valence-electron chi connectivity index (χ1n) is 6.14. The highest BCUT2D eigenvalue weighted by atomic mass is 35.5. The van der Waals surface area contributed by atoms with E-state index in [1.165, 1.54) is 17.5 Å². The summed E-state index contributed by atoms with van der Waals surface area (Å²) in [6.07, 6.45) is 4.81. The Bertz CT molecular complexity index is 777. The molecule has 9 heteroatoms. The molecule has 3 aromatic heterocycles. The third kappa shape index (κ3) is 3.54. The van der Waals surface area contributed by atoms with Crippen LogP contribution in [0.4, 0.5) is 15.7 Å². The summed E-state index contributed by atoms with van der Waals surface area (Å²) in [4.78, 5) is 19.8. The molecule has 0 aromatic carbocycles. The smallest absolute Gasteiger partial charge is 0.292 e. The van der Waals surface area contributed by atoms with Crippen LogP contribution in [0.15, 0.2) is 42.9 Å². The van der Waals surface area contributed by atoms with Gasteiger partial charge in [0.2, 0.25) is 5.13 Å². The molecule has 7 nitrogen and oxygen atoms in total. The van der Waals surface area contributed by atoms with Crippen LogP contribution in [0.1, 0.15) is 0 Å². The Morgan fingerprint density at radius 1 is 1.14 bits per heavy atom. The van der Waals surface area contributed by atoms with Gasteiger partial charge in [-0.15, -0.1) is 10.2 Å². The minimum absolute atomic E-state index is 0.380. The number of halogens is 1. The summed E-state index contributed by atoms with van der Waals surface area (Å²) in [7, 11) is 0. The molecule has 0 saturated carbocycles. The zero-order valence-electron chi connectivity index (χ0n) is 11.0. The number of rotatable bonds is 3. The summed E-state index contributed by atoms with van der Waals surface area (Å²) < 4.78 is 0. The van der Waals surface area contributed by atoms with Crippen molar-refractivity contribution in [1.29, 1.82) is 0 Å². The number of urea groups is 1. The third-order valence-electron chi connectivity index (χ3n) is 2.52. The van der Waals surface area contributed by atoms with Crippen LogP contribution < -0.4 is 10.6 Å². The van der Waals surface area contributed by atoms with Crippen LogP contribution >= 0.6 is 22.9 Å². The molecule has 0 saturated heterocycles. The Balaban J connectivity index is 1.65. The van der Waals surface area contributed by atoms with Crippen molar-refractivity contribution in [2.24, 2.45) is 0 Å². The number of carbonyl (C=O) groups excluding carboxylic acids is 1. The quantitative estimate of drug-likeness (QED) is 0.767. The van der Waals surface area contributed by atoms with E-state index in [4.69, 9.17) is 11.6 Å². The first-order chi connectivity index (χ1) is 10.7. The predicted molar refractivity (Wildman–Crippen MR) is 85.0 cm³/mol. The number of hydrogen-bond acceptors (Lipinski definition) is 6. The lowest BCUT2D eigenvalue weighted by atomic mass is 10.3. The fraction of sp³-hybridized carbons (Fsp3) is 0. The normalized spacial score (nSPS) is 10.2. The summed E-state index contributed by atoms with van der Waals surface area (Å²) in [5.74, 6) is 0.388. The minimum Gasteiger partial charge on any atom is -0.292 e. The second kappa shape index (κ2) is 6.46. The van der Waals surface area contributed by atoms with Gasteiger partial charge in [0.15, 0.2) is 5.01 Å². The third-order valence-corrected chi connectivity index (χ3v) is 3.63. The molecular weight excluding hydrogens is 324 g/mol.